The molecule has 0 aliphatic heterocycles. The summed E-state index contributed by atoms with van der Waals surface area (Å²) in [6.07, 6.45) is 6.41. The lowest BCUT2D eigenvalue weighted by atomic mass is 10.1. The summed E-state index contributed by atoms with van der Waals surface area (Å²) < 4.78 is 33.4. The minimum Gasteiger partial charge on any atom is -0.495 e. The molecule has 0 spiro atoms. The van der Waals surface area contributed by atoms with Gasteiger partial charge in [0.15, 0.2) is 0 Å². The van der Waals surface area contributed by atoms with Gasteiger partial charge < -0.3 is 10.1 Å². The van der Waals surface area contributed by atoms with E-state index in [-0.39, 0.29) is 33.2 Å². The van der Waals surface area contributed by atoms with Gasteiger partial charge in [0.2, 0.25) is 5.91 Å². The molecular formula is C20H21ClN2O4S. The fraction of sp³-hybridized carbons (Fsp3) is 0.250. The fourth-order valence-electron chi connectivity index (χ4n) is 3.02. The third kappa shape index (κ3) is 4.85. The Morgan fingerprint density at radius 2 is 2.04 bits per heavy atom. The number of anilines is 2. The number of amides is 1. The standard InChI is InChI=1S/C20H21ClN2O4S/c1-27-18-11-10-15(22-20(24)12-14-6-2-3-7-14)13-19(18)28(25,26)23-17-9-5-4-8-16(17)21/h2,4-6,8-11,13-14,23H,3,7,12H2,1H3,(H,22,24)/t14-/m0/s1. The summed E-state index contributed by atoms with van der Waals surface area (Å²) >= 11 is 6.05. The van der Waals surface area contributed by atoms with Gasteiger partial charge in [0.05, 0.1) is 17.8 Å². The van der Waals surface area contributed by atoms with Crippen molar-refractivity contribution in [3.8, 4) is 5.75 Å². The number of nitrogens with one attached hydrogen (secondary N) is 2. The predicted molar refractivity (Wildman–Crippen MR) is 110 cm³/mol. The largest absolute Gasteiger partial charge is 0.495 e. The number of rotatable bonds is 7. The second-order valence-corrected chi connectivity index (χ2v) is 8.53. The number of carbonyl (C=O) groups excluding carboxylic acids is 1. The second-order valence-electron chi connectivity index (χ2n) is 6.47. The van der Waals surface area contributed by atoms with E-state index >= 15 is 0 Å². The highest BCUT2D eigenvalue weighted by atomic mass is 35.5. The van der Waals surface area contributed by atoms with Crippen LogP contribution in [0.2, 0.25) is 5.02 Å². The SMILES string of the molecule is COc1ccc(NC(=O)C[C@H]2C=CCC2)cc1S(=O)(=O)Nc1ccccc1Cl. The highest BCUT2D eigenvalue weighted by Gasteiger charge is 2.22. The first kappa shape index (κ1) is 20.2. The van der Waals surface area contributed by atoms with Gasteiger partial charge in [-0.15, -0.1) is 0 Å². The van der Waals surface area contributed by atoms with Gasteiger partial charge in [-0.1, -0.05) is 35.9 Å². The zero-order valence-corrected chi connectivity index (χ0v) is 16.9. The Balaban J connectivity index is 1.83. The van der Waals surface area contributed by atoms with Crippen LogP contribution in [0.1, 0.15) is 19.3 Å². The molecule has 0 saturated heterocycles. The summed E-state index contributed by atoms with van der Waals surface area (Å²) in [7, 11) is -2.60. The monoisotopic (exact) mass is 420 g/mol. The first-order valence-electron chi connectivity index (χ1n) is 8.81. The van der Waals surface area contributed by atoms with Crippen LogP contribution in [0.4, 0.5) is 11.4 Å². The van der Waals surface area contributed by atoms with Crippen LogP contribution in [0.3, 0.4) is 0 Å². The van der Waals surface area contributed by atoms with Crippen molar-refractivity contribution in [1.29, 1.82) is 0 Å². The number of allylic oxidation sites excluding steroid dienone is 2. The van der Waals surface area contributed by atoms with Crippen LogP contribution in [0.15, 0.2) is 59.5 Å². The molecule has 148 valence electrons. The maximum Gasteiger partial charge on any atom is 0.265 e. The molecular weight excluding hydrogens is 400 g/mol. The molecule has 2 N–H and O–H groups in total. The highest BCUT2D eigenvalue weighted by Crippen LogP contribution is 2.31. The number of carbonyl (C=O) groups is 1. The third-order valence-electron chi connectivity index (χ3n) is 4.42. The summed E-state index contributed by atoms with van der Waals surface area (Å²) in [5.74, 6) is 0.226. The van der Waals surface area contributed by atoms with E-state index in [2.05, 4.69) is 16.1 Å². The number of para-hydroxylation sites is 1. The predicted octanol–water partition coefficient (Wildman–Crippen LogP) is 4.44. The lowest BCUT2D eigenvalue weighted by Gasteiger charge is -2.15. The van der Waals surface area contributed by atoms with Gasteiger partial charge in [0.25, 0.3) is 10.0 Å². The number of hydrogen-bond acceptors (Lipinski definition) is 4. The van der Waals surface area contributed by atoms with Crippen LogP contribution in [-0.4, -0.2) is 21.4 Å². The van der Waals surface area contributed by atoms with Crippen LogP contribution < -0.4 is 14.8 Å². The van der Waals surface area contributed by atoms with Crippen molar-refractivity contribution in [2.45, 2.75) is 24.2 Å². The van der Waals surface area contributed by atoms with Gasteiger partial charge in [0, 0.05) is 12.1 Å². The van der Waals surface area contributed by atoms with Gasteiger partial charge in [-0.05, 0) is 49.1 Å². The Hall–Kier alpha value is -2.51. The molecule has 2 aromatic rings. The number of ether oxygens (including phenoxy) is 1. The van der Waals surface area contributed by atoms with Crippen LogP contribution >= 0.6 is 11.6 Å². The Kier molecular flexibility index (Phi) is 6.26. The smallest absolute Gasteiger partial charge is 0.265 e. The fourth-order valence-corrected chi connectivity index (χ4v) is 4.54. The maximum atomic E-state index is 12.9. The van der Waals surface area contributed by atoms with Gasteiger partial charge in [-0.25, -0.2) is 8.42 Å². The maximum absolute atomic E-state index is 12.9. The van der Waals surface area contributed by atoms with Crippen molar-refractivity contribution in [1.82, 2.24) is 0 Å². The van der Waals surface area contributed by atoms with Crippen molar-refractivity contribution in [3.05, 3.63) is 59.6 Å². The van der Waals surface area contributed by atoms with Crippen LogP contribution in [-0.2, 0) is 14.8 Å². The van der Waals surface area contributed by atoms with E-state index in [1.54, 1.807) is 30.3 Å². The molecule has 0 bridgehead atoms. The first-order valence-corrected chi connectivity index (χ1v) is 10.7. The van der Waals surface area contributed by atoms with Gasteiger partial charge >= 0.3 is 0 Å². The number of benzene rings is 2. The molecule has 0 heterocycles. The van der Waals surface area contributed by atoms with Gasteiger partial charge in [-0.2, -0.15) is 0 Å². The van der Waals surface area contributed by atoms with E-state index in [4.69, 9.17) is 16.3 Å². The summed E-state index contributed by atoms with van der Waals surface area (Å²) in [6, 6.07) is 11.0. The molecule has 0 unspecified atom stereocenters. The van der Waals surface area contributed by atoms with E-state index in [1.165, 1.54) is 19.2 Å². The molecule has 0 fully saturated rings. The average molecular weight is 421 g/mol. The van der Waals surface area contributed by atoms with E-state index in [1.807, 2.05) is 6.08 Å². The third-order valence-corrected chi connectivity index (χ3v) is 6.13. The van der Waals surface area contributed by atoms with Crippen LogP contribution in [0.25, 0.3) is 0 Å². The van der Waals surface area contributed by atoms with Crippen molar-refractivity contribution in [2.75, 3.05) is 17.1 Å². The number of methoxy groups -OCH3 is 1. The molecule has 28 heavy (non-hydrogen) atoms. The van der Waals surface area contributed by atoms with Crippen LogP contribution in [0.5, 0.6) is 5.75 Å². The van der Waals surface area contributed by atoms with E-state index in [0.717, 1.165) is 12.8 Å². The lowest BCUT2D eigenvalue weighted by molar-refractivity contribution is -0.116. The quantitative estimate of drug-likeness (QED) is 0.648. The van der Waals surface area contributed by atoms with Crippen molar-refractivity contribution in [2.24, 2.45) is 5.92 Å². The molecule has 0 radical (unpaired) electrons. The Labute approximate surface area is 169 Å². The molecule has 3 rings (SSSR count). The highest BCUT2D eigenvalue weighted by molar-refractivity contribution is 7.92. The second kappa shape index (κ2) is 8.67. The Bertz CT molecular complexity index is 1010. The molecule has 1 amide bonds. The first-order chi connectivity index (χ1) is 13.4. The van der Waals surface area contributed by atoms with Gasteiger partial charge in [0.1, 0.15) is 10.6 Å². The molecule has 1 aliphatic carbocycles. The zero-order valence-electron chi connectivity index (χ0n) is 15.3. The Morgan fingerprint density at radius 3 is 2.71 bits per heavy atom. The summed E-state index contributed by atoms with van der Waals surface area (Å²) in [6.45, 7) is 0. The molecule has 6 nitrogen and oxygen atoms in total. The van der Waals surface area contributed by atoms with E-state index in [0.29, 0.717) is 12.1 Å². The average Bonchev–Trinajstić information content (AvgIpc) is 3.16. The van der Waals surface area contributed by atoms with Crippen molar-refractivity contribution < 1.29 is 17.9 Å². The minimum absolute atomic E-state index is 0.0894. The number of halogens is 1. The Morgan fingerprint density at radius 1 is 1.25 bits per heavy atom. The zero-order chi connectivity index (χ0) is 20.1. The van der Waals surface area contributed by atoms with E-state index in [9.17, 15) is 13.2 Å². The molecule has 8 heteroatoms. The summed E-state index contributed by atoms with van der Waals surface area (Å²) in [5.41, 5.74) is 0.640. The molecule has 0 aromatic heterocycles. The summed E-state index contributed by atoms with van der Waals surface area (Å²) in [5, 5.41) is 3.04. The summed E-state index contributed by atoms with van der Waals surface area (Å²) in [4.78, 5) is 12.2. The molecule has 0 saturated carbocycles. The van der Waals surface area contributed by atoms with Crippen molar-refractivity contribution >= 4 is 38.9 Å². The van der Waals surface area contributed by atoms with E-state index < -0.39 is 10.0 Å². The lowest BCUT2D eigenvalue weighted by Crippen LogP contribution is -2.17. The van der Waals surface area contributed by atoms with Crippen molar-refractivity contribution in [3.63, 3.8) is 0 Å². The normalized spacial score (nSPS) is 16.0. The molecule has 1 atom stereocenters. The topological polar surface area (TPSA) is 84.5 Å². The molecule has 1 aliphatic rings. The number of sulfonamides is 1. The minimum atomic E-state index is -3.98. The van der Waals surface area contributed by atoms with Crippen LogP contribution in [0, 0.1) is 5.92 Å². The van der Waals surface area contributed by atoms with Gasteiger partial charge in [-0.3, -0.25) is 9.52 Å². The number of hydrogen-bond donors (Lipinski definition) is 2. The molecule has 2 aromatic carbocycles.